The Labute approximate surface area is 221 Å². The highest BCUT2D eigenvalue weighted by molar-refractivity contribution is 6.32. The Morgan fingerprint density at radius 1 is 0.289 bits per heavy atom. The summed E-state index contributed by atoms with van der Waals surface area (Å²) in [7, 11) is 0. The summed E-state index contributed by atoms with van der Waals surface area (Å²) >= 11 is 0. The van der Waals surface area contributed by atoms with Gasteiger partial charge in [0, 0.05) is 0 Å². The van der Waals surface area contributed by atoms with Crippen LogP contribution in [0.15, 0.2) is 133 Å². The second-order valence-electron chi connectivity index (χ2n) is 10.2. The molecule has 8 aromatic rings. The second-order valence-corrected chi connectivity index (χ2v) is 10.2. The van der Waals surface area contributed by atoms with Crippen LogP contribution in [0.25, 0.3) is 76.8 Å². The third kappa shape index (κ3) is 3.31. The van der Waals surface area contributed by atoms with Crippen molar-refractivity contribution < 1.29 is 0 Å². The van der Waals surface area contributed by atoms with E-state index in [1.165, 1.54) is 75.8 Å². The molecule has 0 fully saturated rings. The van der Waals surface area contributed by atoms with Gasteiger partial charge >= 0.3 is 0 Å². The van der Waals surface area contributed by atoms with Crippen LogP contribution in [0.1, 0.15) is 11.1 Å². The predicted octanol–water partition coefficient (Wildman–Crippen LogP) is 10.8. The fourth-order valence-electron chi connectivity index (χ4n) is 6.08. The largest absolute Gasteiger partial charge is 0.0616 e. The molecule has 0 amide bonds. The number of hydrogen-bond donors (Lipinski definition) is 0. The van der Waals surface area contributed by atoms with Gasteiger partial charge < -0.3 is 0 Å². The van der Waals surface area contributed by atoms with E-state index in [1.807, 2.05) is 0 Å². The van der Waals surface area contributed by atoms with Gasteiger partial charge in [0.2, 0.25) is 0 Å². The average molecular weight is 481 g/mol. The maximum absolute atomic E-state index is 2.36. The lowest BCUT2D eigenvalue weighted by atomic mass is 9.90. The third-order valence-electron chi connectivity index (χ3n) is 7.95. The van der Waals surface area contributed by atoms with E-state index in [9.17, 15) is 0 Å². The molecule has 38 heavy (non-hydrogen) atoms. The van der Waals surface area contributed by atoms with E-state index in [0.717, 1.165) is 0 Å². The Balaban J connectivity index is 1.40. The molecule has 0 heteroatoms. The van der Waals surface area contributed by atoms with Crippen LogP contribution < -0.4 is 0 Å². The van der Waals surface area contributed by atoms with E-state index < -0.39 is 0 Å². The molecule has 0 aromatic heterocycles. The quantitative estimate of drug-likeness (QED) is 0.170. The molecule has 0 N–H and O–H groups in total. The normalized spacial score (nSPS) is 12.1. The lowest BCUT2D eigenvalue weighted by molar-refractivity contribution is 1.70. The molecule has 0 heterocycles. The van der Waals surface area contributed by atoms with E-state index in [0.29, 0.717) is 0 Å². The van der Waals surface area contributed by atoms with Crippen LogP contribution in [0.5, 0.6) is 0 Å². The van der Waals surface area contributed by atoms with Crippen LogP contribution in [0, 0.1) is 0 Å². The molecule has 8 aromatic carbocycles. The SMILES string of the molecule is C(=C\c1ccc2ccc3ccc4ccc5ccc6ccccc6c5c4c3c2c1)/c1ccc2ccccc2c1. The smallest absolute Gasteiger partial charge is 0.00143 e. The molecule has 0 nitrogen and oxygen atoms in total. The highest BCUT2D eigenvalue weighted by Gasteiger charge is 2.11. The van der Waals surface area contributed by atoms with Gasteiger partial charge in [-0.05, 0) is 87.9 Å². The number of hydrogen-bond acceptors (Lipinski definition) is 0. The van der Waals surface area contributed by atoms with Crippen LogP contribution in [0.2, 0.25) is 0 Å². The van der Waals surface area contributed by atoms with Crippen molar-refractivity contribution in [3.05, 3.63) is 145 Å². The zero-order valence-corrected chi connectivity index (χ0v) is 20.9. The van der Waals surface area contributed by atoms with E-state index in [-0.39, 0.29) is 0 Å². The fourth-order valence-corrected chi connectivity index (χ4v) is 6.08. The molecule has 0 saturated carbocycles. The van der Waals surface area contributed by atoms with E-state index in [1.54, 1.807) is 0 Å². The molecule has 0 saturated heterocycles. The van der Waals surface area contributed by atoms with Crippen LogP contribution in [-0.4, -0.2) is 0 Å². The lowest BCUT2D eigenvalue weighted by Gasteiger charge is -2.13. The monoisotopic (exact) mass is 480 g/mol. The minimum atomic E-state index is 1.21. The van der Waals surface area contributed by atoms with Gasteiger partial charge in [-0.3, -0.25) is 0 Å². The van der Waals surface area contributed by atoms with Gasteiger partial charge in [-0.1, -0.05) is 133 Å². The molecule has 0 unspecified atom stereocenters. The zero-order valence-electron chi connectivity index (χ0n) is 20.9. The molecule has 0 spiro atoms. The number of rotatable bonds is 2. The molecule has 0 atom stereocenters. The van der Waals surface area contributed by atoms with Gasteiger partial charge in [-0.2, -0.15) is 0 Å². The van der Waals surface area contributed by atoms with E-state index in [4.69, 9.17) is 0 Å². The predicted molar refractivity (Wildman–Crippen MR) is 167 cm³/mol. The van der Waals surface area contributed by atoms with Gasteiger partial charge in [0.05, 0.1) is 0 Å². The Kier molecular flexibility index (Phi) is 4.62. The van der Waals surface area contributed by atoms with E-state index in [2.05, 4.69) is 146 Å². The summed E-state index contributed by atoms with van der Waals surface area (Å²) in [6.45, 7) is 0. The molecule has 0 aliphatic carbocycles. The Bertz CT molecular complexity index is 2210. The molecular weight excluding hydrogens is 456 g/mol. The molecule has 0 aliphatic heterocycles. The summed E-state index contributed by atoms with van der Waals surface area (Å²) < 4.78 is 0. The Morgan fingerprint density at radius 3 is 1.45 bits per heavy atom. The summed E-state index contributed by atoms with van der Waals surface area (Å²) in [5.41, 5.74) is 2.42. The van der Waals surface area contributed by atoms with Crippen molar-refractivity contribution in [1.82, 2.24) is 0 Å². The number of fused-ring (bicyclic) bond motifs is 10. The molecule has 0 bridgehead atoms. The molecule has 8 rings (SSSR count). The van der Waals surface area contributed by atoms with Crippen LogP contribution >= 0.6 is 0 Å². The third-order valence-corrected chi connectivity index (χ3v) is 7.95. The van der Waals surface area contributed by atoms with Gasteiger partial charge in [0.15, 0.2) is 0 Å². The Hall–Kier alpha value is -4.94. The van der Waals surface area contributed by atoms with Crippen molar-refractivity contribution in [2.45, 2.75) is 0 Å². The average Bonchev–Trinajstić information content (AvgIpc) is 2.99. The Morgan fingerprint density at radius 2 is 0.737 bits per heavy atom. The molecule has 0 aliphatic rings. The van der Waals surface area contributed by atoms with Crippen molar-refractivity contribution in [3.8, 4) is 0 Å². The first-order valence-electron chi connectivity index (χ1n) is 13.2. The maximum Gasteiger partial charge on any atom is -0.00143 e. The molecule has 176 valence electrons. The van der Waals surface area contributed by atoms with Gasteiger partial charge in [-0.15, -0.1) is 0 Å². The second kappa shape index (κ2) is 8.30. The van der Waals surface area contributed by atoms with Crippen LogP contribution in [-0.2, 0) is 0 Å². The van der Waals surface area contributed by atoms with Crippen LogP contribution in [0.4, 0.5) is 0 Å². The molecular formula is C38H24. The van der Waals surface area contributed by atoms with Crippen LogP contribution in [0.3, 0.4) is 0 Å². The summed E-state index contributed by atoms with van der Waals surface area (Å²) in [6, 6.07) is 48.9. The lowest BCUT2D eigenvalue weighted by Crippen LogP contribution is -1.86. The first kappa shape index (κ1) is 21.2. The summed E-state index contributed by atoms with van der Waals surface area (Å²) in [6.07, 6.45) is 4.46. The van der Waals surface area contributed by atoms with Crippen molar-refractivity contribution in [2.24, 2.45) is 0 Å². The van der Waals surface area contributed by atoms with E-state index >= 15 is 0 Å². The van der Waals surface area contributed by atoms with Gasteiger partial charge in [0.1, 0.15) is 0 Å². The first-order chi connectivity index (χ1) is 18.8. The van der Waals surface area contributed by atoms with Gasteiger partial charge in [0.25, 0.3) is 0 Å². The standard InChI is InChI=1S/C38H24/c1-2-7-33-23-25(11-13-27(33)5-1)9-10-26-12-14-29-16-18-31-20-22-32-21-19-30-17-15-28-6-3-4-8-34(28)36(30)38(32)37(31)35(29)24-26/h1-24H/b10-9+. The highest BCUT2D eigenvalue weighted by atomic mass is 14.1. The summed E-state index contributed by atoms with van der Waals surface area (Å²) in [5.74, 6) is 0. The number of benzene rings is 8. The summed E-state index contributed by atoms with van der Waals surface area (Å²) in [4.78, 5) is 0. The van der Waals surface area contributed by atoms with Crippen molar-refractivity contribution >= 4 is 76.8 Å². The minimum absolute atomic E-state index is 1.21. The highest BCUT2D eigenvalue weighted by Crippen LogP contribution is 2.39. The topological polar surface area (TPSA) is 0 Å². The van der Waals surface area contributed by atoms with Gasteiger partial charge in [-0.25, -0.2) is 0 Å². The van der Waals surface area contributed by atoms with Crippen molar-refractivity contribution in [3.63, 3.8) is 0 Å². The first-order valence-corrected chi connectivity index (χ1v) is 13.2. The maximum atomic E-state index is 2.36. The fraction of sp³-hybridized carbons (Fsp3) is 0. The van der Waals surface area contributed by atoms with Crippen molar-refractivity contribution in [1.29, 1.82) is 0 Å². The van der Waals surface area contributed by atoms with Crippen molar-refractivity contribution in [2.75, 3.05) is 0 Å². The summed E-state index contributed by atoms with van der Waals surface area (Å²) in [5, 5.41) is 15.6. The zero-order chi connectivity index (χ0) is 25.1. The molecule has 0 radical (unpaired) electrons. The minimum Gasteiger partial charge on any atom is -0.0616 e.